The number of hydrogen-bond acceptors (Lipinski definition) is 7. The summed E-state index contributed by atoms with van der Waals surface area (Å²) in [6, 6.07) is 53.6. The first kappa shape index (κ1) is 34.6. The van der Waals surface area contributed by atoms with E-state index in [4.69, 9.17) is 24.2 Å². The third-order valence-electron chi connectivity index (χ3n) is 8.58. The number of nitrogens with zero attached hydrogens (tertiary/aromatic N) is 2. The van der Waals surface area contributed by atoms with Crippen LogP contribution in [-0.2, 0) is 14.2 Å². The van der Waals surface area contributed by atoms with Crippen LogP contribution in [0.3, 0.4) is 0 Å². The highest BCUT2D eigenvalue weighted by Crippen LogP contribution is 2.24. The Bertz CT molecular complexity index is 2400. The van der Waals surface area contributed by atoms with Crippen molar-refractivity contribution in [1.82, 2.24) is 0 Å². The van der Waals surface area contributed by atoms with Gasteiger partial charge in [-0.25, -0.2) is 14.8 Å². The van der Waals surface area contributed by atoms with Gasteiger partial charge in [0.05, 0.1) is 23.5 Å². The highest BCUT2D eigenvalue weighted by molar-refractivity contribution is 6.09. The first-order chi connectivity index (χ1) is 26.1. The fourth-order valence-corrected chi connectivity index (χ4v) is 5.94. The molecule has 0 spiro atoms. The molecule has 0 aliphatic carbocycles. The first-order valence-corrected chi connectivity index (χ1v) is 17.4. The zero-order valence-electron chi connectivity index (χ0n) is 28.9. The van der Waals surface area contributed by atoms with Crippen molar-refractivity contribution < 1.29 is 23.8 Å². The van der Waals surface area contributed by atoms with Crippen molar-refractivity contribution in [2.24, 2.45) is 9.98 Å². The highest BCUT2D eigenvalue weighted by atomic mass is 16.6. The number of fused-ring (bicyclic) bond motifs is 2. The average molecular weight is 697 g/mol. The molecule has 0 aliphatic heterocycles. The van der Waals surface area contributed by atoms with E-state index in [0.717, 1.165) is 44.0 Å². The van der Waals surface area contributed by atoms with Crippen molar-refractivity contribution in [3.63, 3.8) is 0 Å². The van der Waals surface area contributed by atoms with Gasteiger partial charge in [-0.2, -0.15) is 0 Å². The standard InChI is InChI=1S/C46H36N2O5/c49-43(29-30-51-44(47-37-17-3-1-4-18-37)41-23-11-15-33-13-7-9-21-39(33)41)35-25-27-36(28-26-35)46(50)53-32-31-52-45(48-38-19-5-2-6-20-38)42-24-12-16-34-14-8-10-22-40(34)42/h1-28H,29-32H2. The SMILES string of the molecule is O=C(CCOC(=Nc1ccccc1)c1cccc2ccccc12)c1ccc(C(=O)OCCOC(=Nc2ccccc2)c2cccc3ccccc23)cc1. The van der Waals surface area contributed by atoms with Gasteiger partial charge < -0.3 is 14.2 Å². The lowest BCUT2D eigenvalue weighted by Crippen LogP contribution is -2.15. The molecule has 0 aromatic heterocycles. The molecule has 0 radical (unpaired) electrons. The fraction of sp³-hybridized carbons (Fsp3) is 0.0870. The van der Waals surface area contributed by atoms with Gasteiger partial charge in [-0.05, 0) is 70.1 Å². The van der Waals surface area contributed by atoms with Gasteiger partial charge in [0.1, 0.15) is 13.2 Å². The van der Waals surface area contributed by atoms with E-state index < -0.39 is 5.97 Å². The second kappa shape index (κ2) is 16.9. The number of esters is 1. The van der Waals surface area contributed by atoms with E-state index in [-0.39, 0.29) is 32.0 Å². The summed E-state index contributed by atoms with van der Waals surface area (Å²) in [7, 11) is 0. The topological polar surface area (TPSA) is 86.5 Å². The average Bonchev–Trinajstić information content (AvgIpc) is 3.22. The molecule has 0 unspecified atom stereocenters. The van der Waals surface area contributed by atoms with Crippen molar-refractivity contribution in [3.05, 3.63) is 192 Å². The molecule has 0 bridgehead atoms. The molecule has 7 aromatic carbocycles. The van der Waals surface area contributed by atoms with Gasteiger partial charge in [0.2, 0.25) is 11.8 Å². The number of para-hydroxylation sites is 2. The van der Waals surface area contributed by atoms with Crippen molar-refractivity contribution >= 4 is 56.5 Å². The highest BCUT2D eigenvalue weighted by Gasteiger charge is 2.15. The molecule has 0 fully saturated rings. The number of carbonyl (C=O) groups is 2. The maximum atomic E-state index is 13.2. The fourth-order valence-electron chi connectivity index (χ4n) is 5.94. The molecule has 7 aromatic rings. The number of aliphatic imine (C=N–C) groups is 2. The van der Waals surface area contributed by atoms with Crippen molar-refractivity contribution in [1.29, 1.82) is 0 Å². The van der Waals surface area contributed by atoms with Crippen molar-refractivity contribution in [2.45, 2.75) is 6.42 Å². The molecular weight excluding hydrogens is 661 g/mol. The quantitative estimate of drug-likeness (QED) is 0.0417. The minimum Gasteiger partial charge on any atom is -0.477 e. The van der Waals surface area contributed by atoms with Crippen LogP contribution in [0.25, 0.3) is 21.5 Å². The van der Waals surface area contributed by atoms with Crippen molar-refractivity contribution in [3.8, 4) is 0 Å². The number of ketones is 1. The van der Waals surface area contributed by atoms with E-state index in [1.165, 1.54) is 0 Å². The van der Waals surface area contributed by atoms with Crippen LogP contribution in [0.15, 0.2) is 180 Å². The number of hydrogen-bond donors (Lipinski definition) is 0. The molecule has 260 valence electrons. The van der Waals surface area contributed by atoms with Crippen LogP contribution in [0, 0.1) is 0 Å². The third kappa shape index (κ3) is 8.72. The largest absolute Gasteiger partial charge is 0.477 e. The Labute approximate surface area is 307 Å². The van der Waals surface area contributed by atoms with Crippen LogP contribution < -0.4 is 0 Å². The molecule has 7 nitrogen and oxygen atoms in total. The van der Waals surface area contributed by atoms with Gasteiger partial charge in [0.15, 0.2) is 5.78 Å². The number of Topliss-reactive ketones (excluding diaryl/α,β-unsaturated/α-hetero) is 1. The smallest absolute Gasteiger partial charge is 0.338 e. The normalized spacial score (nSPS) is 11.7. The van der Waals surface area contributed by atoms with E-state index in [2.05, 4.69) is 0 Å². The third-order valence-corrected chi connectivity index (χ3v) is 8.58. The lowest BCUT2D eigenvalue weighted by Gasteiger charge is -2.13. The summed E-state index contributed by atoms with van der Waals surface area (Å²) in [5.74, 6) is 0.249. The summed E-state index contributed by atoms with van der Waals surface area (Å²) >= 11 is 0. The summed E-state index contributed by atoms with van der Waals surface area (Å²) in [6.45, 7) is 0.246. The number of benzene rings is 7. The van der Waals surface area contributed by atoms with Crippen LogP contribution in [0.4, 0.5) is 11.4 Å². The van der Waals surface area contributed by atoms with Crippen LogP contribution in [-0.4, -0.2) is 43.4 Å². The molecule has 7 rings (SSSR count). The summed E-state index contributed by atoms with van der Waals surface area (Å²) in [6.07, 6.45) is 0.128. The zero-order valence-corrected chi connectivity index (χ0v) is 28.9. The second-order valence-electron chi connectivity index (χ2n) is 12.1. The Morgan fingerprint density at radius 1 is 0.415 bits per heavy atom. The summed E-state index contributed by atoms with van der Waals surface area (Å²) < 4.78 is 17.8. The van der Waals surface area contributed by atoms with E-state index in [0.29, 0.717) is 22.9 Å². The molecule has 0 N–H and O–H groups in total. The van der Waals surface area contributed by atoms with Crippen molar-refractivity contribution in [2.75, 3.05) is 19.8 Å². The molecule has 0 amide bonds. The predicted octanol–water partition coefficient (Wildman–Crippen LogP) is 10.3. The Hall–Kier alpha value is -6.86. The molecule has 0 atom stereocenters. The van der Waals surface area contributed by atoms with Crippen LogP contribution in [0.5, 0.6) is 0 Å². The van der Waals surface area contributed by atoms with Gasteiger partial charge >= 0.3 is 5.97 Å². The lowest BCUT2D eigenvalue weighted by atomic mass is 10.0. The number of carbonyl (C=O) groups excluding carboxylic acids is 2. The van der Waals surface area contributed by atoms with E-state index in [1.54, 1.807) is 24.3 Å². The Morgan fingerprint density at radius 3 is 1.40 bits per heavy atom. The van der Waals surface area contributed by atoms with Crippen LogP contribution >= 0.6 is 0 Å². The second-order valence-corrected chi connectivity index (χ2v) is 12.1. The minimum absolute atomic E-state index is 0.0129. The Balaban J connectivity index is 0.955. The number of ether oxygens (including phenoxy) is 3. The van der Waals surface area contributed by atoms with Gasteiger partial charge in [-0.3, -0.25) is 4.79 Å². The maximum Gasteiger partial charge on any atom is 0.338 e. The maximum absolute atomic E-state index is 13.2. The Kier molecular flexibility index (Phi) is 11.0. The van der Waals surface area contributed by atoms with E-state index >= 15 is 0 Å². The van der Waals surface area contributed by atoms with Gasteiger partial charge in [-0.15, -0.1) is 0 Å². The number of rotatable bonds is 12. The van der Waals surface area contributed by atoms with Crippen LogP contribution in [0.2, 0.25) is 0 Å². The molecular formula is C46H36N2O5. The molecule has 7 heteroatoms. The summed E-state index contributed by atoms with van der Waals surface area (Å²) in [5.41, 5.74) is 3.99. The zero-order chi connectivity index (χ0) is 36.2. The monoisotopic (exact) mass is 696 g/mol. The predicted molar refractivity (Wildman–Crippen MR) is 211 cm³/mol. The minimum atomic E-state index is -0.514. The van der Waals surface area contributed by atoms with Gasteiger partial charge in [0, 0.05) is 23.1 Å². The summed E-state index contributed by atoms with van der Waals surface area (Å²) in [4.78, 5) is 35.6. The lowest BCUT2D eigenvalue weighted by molar-refractivity contribution is 0.0443. The Morgan fingerprint density at radius 2 is 0.849 bits per heavy atom. The van der Waals surface area contributed by atoms with E-state index in [1.807, 2.05) is 146 Å². The molecule has 0 heterocycles. The summed E-state index contributed by atoms with van der Waals surface area (Å²) in [5, 5.41) is 4.15. The first-order valence-electron chi connectivity index (χ1n) is 17.4. The van der Waals surface area contributed by atoms with Gasteiger partial charge in [0.25, 0.3) is 0 Å². The molecule has 53 heavy (non-hydrogen) atoms. The molecule has 0 saturated carbocycles. The van der Waals surface area contributed by atoms with E-state index in [9.17, 15) is 9.59 Å². The van der Waals surface area contributed by atoms with Gasteiger partial charge in [-0.1, -0.05) is 121 Å². The molecule has 0 aliphatic rings. The molecule has 0 saturated heterocycles. The van der Waals surface area contributed by atoms with Crippen LogP contribution in [0.1, 0.15) is 38.3 Å².